The third kappa shape index (κ3) is 6.29. The van der Waals surface area contributed by atoms with E-state index in [1.54, 1.807) is 4.90 Å². The predicted molar refractivity (Wildman–Crippen MR) is 160 cm³/mol. The maximum absolute atomic E-state index is 13.0. The second-order valence-corrected chi connectivity index (χ2v) is 12.0. The zero-order chi connectivity index (χ0) is 28.4. The summed E-state index contributed by atoms with van der Waals surface area (Å²) in [6.45, 7) is 11.2. The van der Waals surface area contributed by atoms with Crippen LogP contribution in [0, 0.1) is 6.92 Å². The van der Waals surface area contributed by atoms with Crippen molar-refractivity contribution in [2.75, 3.05) is 38.1 Å². The average Bonchev–Trinajstić information content (AvgIpc) is 3.23. The van der Waals surface area contributed by atoms with E-state index < -0.39 is 11.7 Å². The Morgan fingerprint density at radius 2 is 1.55 bits per heavy atom. The Labute approximate surface area is 241 Å². The summed E-state index contributed by atoms with van der Waals surface area (Å²) >= 11 is 4.62. The molecule has 3 aromatic carbocycles. The van der Waals surface area contributed by atoms with Crippen molar-refractivity contribution in [2.24, 2.45) is 0 Å². The van der Waals surface area contributed by atoms with Crippen LogP contribution in [0.25, 0.3) is 11.1 Å². The molecular weight excluding hydrogens is 522 g/mol. The number of hydrogen-bond acceptors (Lipinski definition) is 6. The number of piperazine rings is 1. The van der Waals surface area contributed by atoms with Crippen LogP contribution in [0.5, 0.6) is 0 Å². The lowest BCUT2D eigenvalue weighted by Crippen LogP contribution is -2.48. The average molecular weight is 560 g/mol. The second kappa shape index (κ2) is 11.6. The van der Waals surface area contributed by atoms with E-state index in [0.717, 1.165) is 29.1 Å². The molecule has 0 aromatic heterocycles. The van der Waals surface area contributed by atoms with Crippen LogP contribution in [0.3, 0.4) is 0 Å². The lowest BCUT2D eigenvalue weighted by Gasteiger charge is -2.34. The molecule has 0 saturated carbocycles. The van der Waals surface area contributed by atoms with Crippen LogP contribution in [-0.2, 0) is 16.0 Å². The fourth-order valence-electron chi connectivity index (χ4n) is 5.43. The number of amides is 2. The van der Waals surface area contributed by atoms with E-state index in [-0.39, 0.29) is 12.0 Å². The molecule has 0 bridgehead atoms. The number of ether oxygens (including phenoxy) is 2. The highest BCUT2D eigenvalue weighted by molar-refractivity contribution is 7.80. The molecule has 3 aromatic rings. The van der Waals surface area contributed by atoms with E-state index in [9.17, 15) is 9.59 Å². The molecule has 210 valence electrons. The molecule has 1 aliphatic carbocycles. The molecule has 0 radical (unpaired) electrons. The van der Waals surface area contributed by atoms with Crippen LogP contribution in [-0.4, -0.2) is 60.4 Å². The third-order valence-corrected chi connectivity index (χ3v) is 7.96. The van der Waals surface area contributed by atoms with Crippen LogP contribution in [0.15, 0.2) is 65.6 Å². The summed E-state index contributed by atoms with van der Waals surface area (Å²) in [4.78, 5) is 30.2. The Morgan fingerprint density at radius 1 is 0.950 bits per heavy atom. The Morgan fingerprint density at radius 3 is 2.15 bits per heavy atom. The number of nitrogens with one attached hydrogen (secondary N) is 1. The molecule has 5 rings (SSSR count). The number of rotatable bonds is 5. The molecule has 1 fully saturated rings. The summed E-state index contributed by atoms with van der Waals surface area (Å²) in [6, 6.07) is 20.5. The minimum absolute atomic E-state index is 0.0533. The van der Waals surface area contributed by atoms with E-state index in [4.69, 9.17) is 9.47 Å². The van der Waals surface area contributed by atoms with Crippen molar-refractivity contribution in [1.29, 1.82) is 0 Å². The molecule has 1 N–H and O–H groups in total. The monoisotopic (exact) mass is 559 g/mol. The lowest BCUT2D eigenvalue weighted by atomic mass is 9.98. The maximum Gasteiger partial charge on any atom is 0.412 e. The molecule has 0 unspecified atom stereocenters. The van der Waals surface area contributed by atoms with Crippen molar-refractivity contribution < 1.29 is 19.1 Å². The van der Waals surface area contributed by atoms with Crippen LogP contribution in [0.2, 0.25) is 0 Å². The summed E-state index contributed by atoms with van der Waals surface area (Å²) in [5.41, 5.74) is 7.08. The first kappa shape index (κ1) is 28.1. The van der Waals surface area contributed by atoms with Gasteiger partial charge in [-0.1, -0.05) is 48.5 Å². The Hall–Kier alpha value is -3.49. The first-order valence-electron chi connectivity index (χ1n) is 13.7. The minimum atomic E-state index is -0.575. The summed E-state index contributed by atoms with van der Waals surface area (Å²) < 4.78 is 11.2. The highest BCUT2D eigenvalue weighted by Gasteiger charge is 2.30. The number of hydrogen-bond donors (Lipinski definition) is 2. The Kier molecular flexibility index (Phi) is 8.10. The van der Waals surface area contributed by atoms with Gasteiger partial charge in [-0.2, -0.15) is 0 Å². The van der Waals surface area contributed by atoms with E-state index in [2.05, 4.69) is 59.2 Å². The topological polar surface area (TPSA) is 71.1 Å². The summed E-state index contributed by atoms with van der Waals surface area (Å²) in [7, 11) is 0. The van der Waals surface area contributed by atoms with Crippen LogP contribution < -0.4 is 5.32 Å². The van der Waals surface area contributed by atoms with Crippen molar-refractivity contribution in [3.63, 3.8) is 0 Å². The van der Waals surface area contributed by atoms with Gasteiger partial charge in [-0.3, -0.25) is 10.2 Å². The smallest absolute Gasteiger partial charge is 0.412 e. The van der Waals surface area contributed by atoms with E-state index >= 15 is 0 Å². The van der Waals surface area contributed by atoms with Gasteiger partial charge in [0.15, 0.2) is 0 Å². The Bertz CT molecular complexity index is 1360. The van der Waals surface area contributed by atoms with Gasteiger partial charge in [0.05, 0.1) is 0 Å². The van der Waals surface area contributed by atoms with Crippen molar-refractivity contribution in [1.82, 2.24) is 9.80 Å². The zero-order valence-corrected chi connectivity index (χ0v) is 24.5. The zero-order valence-electron chi connectivity index (χ0n) is 23.6. The number of nitrogens with zero attached hydrogens (tertiary/aromatic N) is 2. The molecule has 8 heteroatoms. The van der Waals surface area contributed by atoms with Gasteiger partial charge >= 0.3 is 12.2 Å². The summed E-state index contributed by atoms with van der Waals surface area (Å²) in [6.07, 6.45) is -0.759. The highest BCUT2D eigenvalue weighted by atomic mass is 32.1. The van der Waals surface area contributed by atoms with E-state index in [1.807, 2.05) is 52.0 Å². The fourth-order valence-corrected chi connectivity index (χ4v) is 5.71. The van der Waals surface area contributed by atoms with Crippen molar-refractivity contribution >= 4 is 30.5 Å². The summed E-state index contributed by atoms with van der Waals surface area (Å²) in [5.74, 6) is 0.0533. The number of thiol groups is 1. The summed E-state index contributed by atoms with van der Waals surface area (Å²) in [5, 5.41) is 2.82. The highest BCUT2D eigenvalue weighted by Crippen LogP contribution is 2.44. The van der Waals surface area contributed by atoms with Gasteiger partial charge in [-0.15, -0.1) is 12.6 Å². The molecule has 0 spiro atoms. The van der Waals surface area contributed by atoms with Crippen molar-refractivity contribution in [2.45, 2.75) is 50.7 Å². The van der Waals surface area contributed by atoms with E-state index in [1.165, 1.54) is 22.3 Å². The van der Waals surface area contributed by atoms with Gasteiger partial charge in [-0.25, -0.2) is 9.59 Å². The normalized spacial score (nSPS) is 15.4. The van der Waals surface area contributed by atoms with Gasteiger partial charge in [-0.05, 0) is 73.2 Å². The van der Waals surface area contributed by atoms with Gasteiger partial charge < -0.3 is 14.4 Å². The van der Waals surface area contributed by atoms with Crippen LogP contribution in [0.4, 0.5) is 15.3 Å². The number of carbonyl (C=O) groups excluding carboxylic acids is 2. The van der Waals surface area contributed by atoms with Crippen LogP contribution >= 0.6 is 12.6 Å². The quantitative estimate of drug-likeness (QED) is 0.341. The molecule has 2 aliphatic rings. The Balaban J connectivity index is 1.16. The number of fused-ring (bicyclic) bond motifs is 3. The molecule has 7 nitrogen and oxygen atoms in total. The SMILES string of the molecule is Cc1c(S)cc(NC(=O)OC(C)(C)C)cc1CN1CCN(C(=O)OCC2c3ccccc3-c3ccccc32)CC1. The molecule has 1 heterocycles. The third-order valence-electron chi connectivity index (χ3n) is 7.49. The molecule has 1 aliphatic heterocycles. The largest absolute Gasteiger partial charge is 0.448 e. The van der Waals surface area contributed by atoms with Crippen LogP contribution in [0.1, 0.15) is 48.9 Å². The van der Waals surface area contributed by atoms with Gasteiger partial charge in [0.25, 0.3) is 0 Å². The maximum atomic E-state index is 13.0. The van der Waals surface area contributed by atoms with E-state index in [0.29, 0.717) is 31.9 Å². The molecule has 1 saturated heterocycles. The first-order valence-corrected chi connectivity index (χ1v) is 14.2. The number of carbonyl (C=O) groups is 2. The molecule has 40 heavy (non-hydrogen) atoms. The number of benzene rings is 3. The fraction of sp³-hybridized carbons (Fsp3) is 0.375. The number of anilines is 1. The first-order chi connectivity index (χ1) is 19.1. The predicted octanol–water partition coefficient (Wildman–Crippen LogP) is 6.70. The lowest BCUT2D eigenvalue weighted by molar-refractivity contribution is 0.0635. The molecule has 2 amide bonds. The van der Waals surface area contributed by atoms with Crippen molar-refractivity contribution in [3.8, 4) is 11.1 Å². The molecular formula is C32H37N3O4S. The second-order valence-electron chi connectivity index (χ2n) is 11.5. The minimum Gasteiger partial charge on any atom is -0.448 e. The van der Waals surface area contributed by atoms with Crippen molar-refractivity contribution in [3.05, 3.63) is 82.9 Å². The van der Waals surface area contributed by atoms with Gasteiger partial charge in [0.1, 0.15) is 12.2 Å². The van der Waals surface area contributed by atoms with Gasteiger partial charge in [0.2, 0.25) is 0 Å². The standard InChI is InChI=1S/C32H37N3O4S/c1-21-22(17-23(18-29(21)40)33-30(36)39-32(2,3)4)19-34-13-15-35(16-14-34)31(37)38-20-28-26-11-7-5-9-24(26)25-10-6-8-12-27(25)28/h5-12,17-18,28,40H,13-16,19-20H2,1-4H3,(H,33,36). The molecule has 0 atom stereocenters. The van der Waals surface area contributed by atoms with Gasteiger partial charge in [0, 0.05) is 49.2 Å².